The molecule has 5 nitrogen and oxygen atoms in total. The van der Waals surface area contributed by atoms with Crippen LogP contribution in [0.3, 0.4) is 0 Å². The van der Waals surface area contributed by atoms with Crippen LogP contribution >= 0.6 is 11.6 Å². The van der Waals surface area contributed by atoms with E-state index in [1.807, 2.05) is 4.90 Å². The Morgan fingerprint density at radius 2 is 1.74 bits per heavy atom. The predicted octanol–water partition coefficient (Wildman–Crippen LogP) is 4.83. The minimum Gasteiger partial charge on any atom is -0.495 e. The van der Waals surface area contributed by atoms with E-state index >= 15 is 0 Å². The fourth-order valence-electron chi connectivity index (χ4n) is 3.21. The number of urea groups is 1. The molecule has 2 aromatic carbocycles. The number of amides is 2. The zero-order valence-electron chi connectivity index (χ0n) is 16.0. The quantitative estimate of drug-likeness (QED) is 0.817. The molecule has 2 aromatic rings. The lowest BCUT2D eigenvalue weighted by Gasteiger charge is -2.36. The SMILES string of the molecule is COc1ccc(Cl)cc1NC(=O)N1CCN(c2ccc(C(C)C)cc2)CC1. The van der Waals surface area contributed by atoms with E-state index in [-0.39, 0.29) is 6.03 Å². The zero-order chi connectivity index (χ0) is 19.4. The van der Waals surface area contributed by atoms with Crippen molar-refractivity contribution in [3.8, 4) is 5.75 Å². The first-order valence-corrected chi connectivity index (χ1v) is 9.60. The summed E-state index contributed by atoms with van der Waals surface area (Å²) in [6.45, 7) is 7.34. The molecule has 144 valence electrons. The van der Waals surface area contributed by atoms with Crippen LogP contribution in [-0.4, -0.2) is 44.2 Å². The molecule has 6 heteroatoms. The molecule has 3 rings (SSSR count). The van der Waals surface area contributed by atoms with E-state index in [1.165, 1.54) is 11.3 Å². The van der Waals surface area contributed by atoms with Gasteiger partial charge in [-0.2, -0.15) is 0 Å². The molecule has 1 aliphatic rings. The van der Waals surface area contributed by atoms with Crippen LogP contribution in [0, 0.1) is 0 Å². The standard InChI is InChI=1S/C21H26ClN3O2/c1-15(2)16-4-7-18(8-5-16)24-10-12-25(13-11-24)21(26)23-19-14-17(22)6-9-20(19)27-3/h4-9,14-15H,10-13H2,1-3H3,(H,23,26). The van der Waals surface area contributed by atoms with Crippen LogP contribution < -0.4 is 15.0 Å². The van der Waals surface area contributed by atoms with Crippen molar-refractivity contribution in [3.63, 3.8) is 0 Å². The van der Waals surface area contributed by atoms with Crippen LogP contribution in [0.1, 0.15) is 25.3 Å². The molecular formula is C21H26ClN3O2. The van der Waals surface area contributed by atoms with Gasteiger partial charge in [-0.25, -0.2) is 4.79 Å². The van der Waals surface area contributed by atoms with Crippen LogP contribution in [0.4, 0.5) is 16.2 Å². The summed E-state index contributed by atoms with van der Waals surface area (Å²) in [4.78, 5) is 16.7. The maximum Gasteiger partial charge on any atom is 0.322 e. The van der Waals surface area contributed by atoms with E-state index < -0.39 is 0 Å². The fourth-order valence-corrected chi connectivity index (χ4v) is 3.38. The maximum atomic E-state index is 12.6. The molecule has 1 saturated heterocycles. The number of nitrogens with zero attached hydrogens (tertiary/aromatic N) is 2. The number of rotatable bonds is 4. The molecule has 1 heterocycles. The second kappa shape index (κ2) is 8.53. The Labute approximate surface area is 165 Å². The maximum absolute atomic E-state index is 12.6. The second-order valence-electron chi connectivity index (χ2n) is 7.00. The van der Waals surface area contributed by atoms with Crippen LogP contribution in [0.5, 0.6) is 5.75 Å². The number of ether oxygens (including phenoxy) is 1. The molecule has 0 spiro atoms. The molecule has 0 atom stereocenters. The van der Waals surface area contributed by atoms with E-state index in [4.69, 9.17) is 16.3 Å². The first kappa shape index (κ1) is 19.4. The second-order valence-corrected chi connectivity index (χ2v) is 7.43. The lowest BCUT2D eigenvalue weighted by atomic mass is 10.0. The number of piperazine rings is 1. The summed E-state index contributed by atoms with van der Waals surface area (Å²) in [5, 5.41) is 3.46. The number of carbonyl (C=O) groups is 1. The molecule has 0 aliphatic carbocycles. The van der Waals surface area contributed by atoms with Crippen molar-refractivity contribution in [2.24, 2.45) is 0 Å². The van der Waals surface area contributed by atoms with Crippen LogP contribution in [0.25, 0.3) is 0 Å². The summed E-state index contributed by atoms with van der Waals surface area (Å²) >= 11 is 6.03. The van der Waals surface area contributed by atoms with Crippen LogP contribution in [0.2, 0.25) is 5.02 Å². The van der Waals surface area contributed by atoms with Gasteiger partial charge in [0.25, 0.3) is 0 Å². The molecule has 27 heavy (non-hydrogen) atoms. The Kier molecular flexibility index (Phi) is 6.11. The third-order valence-electron chi connectivity index (χ3n) is 4.89. The lowest BCUT2D eigenvalue weighted by Crippen LogP contribution is -2.50. The minimum atomic E-state index is -0.134. The van der Waals surface area contributed by atoms with E-state index in [2.05, 4.69) is 48.3 Å². The van der Waals surface area contributed by atoms with Gasteiger partial charge in [0.15, 0.2) is 0 Å². The topological polar surface area (TPSA) is 44.8 Å². The number of hydrogen-bond donors (Lipinski definition) is 1. The number of benzene rings is 2. The van der Waals surface area contributed by atoms with Crippen molar-refractivity contribution in [1.82, 2.24) is 4.90 Å². The van der Waals surface area contributed by atoms with E-state index in [0.29, 0.717) is 35.5 Å². The van der Waals surface area contributed by atoms with Gasteiger partial charge < -0.3 is 19.9 Å². The third kappa shape index (κ3) is 4.66. The molecule has 0 radical (unpaired) electrons. The van der Waals surface area contributed by atoms with Crippen molar-refractivity contribution in [2.75, 3.05) is 43.5 Å². The number of halogens is 1. The van der Waals surface area contributed by atoms with Gasteiger partial charge in [0.2, 0.25) is 0 Å². The van der Waals surface area contributed by atoms with Crippen molar-refractivity contribution >= 4 is 29.0 Å². The summed E-state index contributed by atoms with van der Waals surface area (Å²) < 4.78 is 5.29. The summed E-state index contributed by atoms with van der Waals surface area (Å²) in [5.74, 6) is 1.12. The van der Waals surface area contributed by atoms with Gasteiger partial charge in [0, 0.05) is 36.9 Å². The smallest absolute Gasteiger partial charge is 0.322 e. The van der Waals surface area contributed by atoms with E-state index in [1.54, 1.807) is 25.3 Å². The summed E-state index contributed by atoms with van der Waals surface area (Å²) in [5.41, 5.74) is 3.13. The van der Waals surface area contributed by atoms with Crippen molar-refractivity contribution < 1.29 is 9.53 Å². The van der Waals surface area contributed by atoms with Crippen LogP contribution in [0.15, 0.2) is 42.5 Å². The Morgan fingerprint density at radius 3 is 2.33 bits per heavy atom. The highest BCUT2D eigenvalue weighted by atomic mass is 35.5. The largest absolute Gasteiger partial charge is 0.495 e. The van der Waals surface area contributed by atoms with Gasteiger partial charge in [-0.05, 0) is 41.8 Å². The first-order valence-electron chi connectivity index (χ1n) is 9.22. The van der Waals surface area contributed by atoms with Gasteiger partial charge >= 0.3 is 6.03 Å². The summed E-state index contributed by atoms with van der Waals surface area (Å²) in [6.07, 6.45) is 0. The highest BCUT2D eigenvalue weighted by Crippen LogP contribution is 2.28. The van der Waals surface area contributed by atoms with Gasteiger partial charge in [-0.3, -0.25) is 0 Å². The molecule has 1 fully saturated rings. The molecule has 2 amide bonds. The monoisotopic (exact) mass is 387 g/mol. The van der Waals surface area contributed by atoms with Crippen molar-refractivity contribution in [3.05, 3.63) is 53.1 Å². The summed E-state index contributed by atoms with van der Waals surface area (Å²) in [6, 6.07) is 13.8. The Hall–Kier alpha value is -2.40. The number of carbonyl (C=O) groups excluding carboxylic acids is 1. The fraction of sp³-hybridized carbons (Fsp3) is 0.381. The molecule has 0 bridgehead atoms. The third-order valence-corrected chi connectivity index (χ3v) is 5.13. The zero-order valence-corrected chi connectivity index (χ0v) is 16.8. The predicted molar refractivity (Wildman–Crippen MR) is 111 cm³/mol. The number of methoxy groups -OCH3 is 1. The van der Waals surface area contributed by atoms with Crippen molar-refractivity contribution in [1.29, 1.82) is 0 Å². The lowest BCUT2D eigenvalue weighted by molar-refractivity contribution is 0.208. The van der Waals surface area contributed by atoms with Crippen molar-refractivity contribution in [2.45, 2.75) is 19.8 Å². The molecule has 0 saturated carbocycles. The molecule has 0 unspecified atom stereocenters. The molecule has 1 aliphatic heterocycles. The Morgan fingerprint density at radius 1 is 1.07 bits per heavy atom. The Balaban J connectivity index is 1.59. The van der Waals surface area contributed by atoms with Gasteiger partial charge in [-0.1, -0.05) is 37.6 Å². The highest BCUT2D eigenvalue weighted by Gasteiger charge is 2.22. The highest BCUT2D eigenvalue weighted by molar-refractivity contribution is 6.31. The normalized spacial score (nSPS) is 14.4. The van der Waals surface area contributed by atoms with E-state index in [0.717, 1.165) is 13.1 Å². The molecule has 0 aromatic heterocycles. The van der Waals surface area contributed by atoms with Gasteiger partial charge in [-0.15, -0.1) is 0 Å². The molecular weight excluding hydrogens is 362 g/mol. The summed E-state index contributed by atoms with van der Waals surface area (Å²) in [7, 11) is 1.57. The van der Waals surface area contributed by atoms with Gasteiger partial charge in [0.1, 0.15) is 5.75 Å². The first-order chi connectivity index (χ1) is 13.0. The number of nitrogens with one attached hydrogen (secondary N) is 1. The number of anilines is 2. The minimum absolute atomic E-state index is 0.134. The van der Waals surface area contributed by atoms with Gasteiger partial charge in [0.05, 0.1) is 12.8 Å². The van der Waals surface area contributed by atoms with E-state index in [9.17, 15) is 4.79 Å². The average Bonchev–Trinajstić information content (AvgIpc) is 2.68. The molecule has 1 N–H and O–H groups in total. The average molecular weight is 388 g/mol. The van der Waals surface area contributed by atoms with Crippen LogP contribution in [-0.2, 0) is 0 Å². The Bertz CT molecular complexity index is 785. The number of hydrogen-bond acceptors (Lipinski definition) is 3.